The highest BCUT2D eigenvalue weighted by Gasteiger charge is 2.38. The highest BCUT2D eigenvalue weighted by Crippen LogP contribution is 2.22. The number of aliphatic hydroxyl groups is 1. The van der Waals surface area contributed by atoms with E-state index >= 15 is 0 Å². The van der Waals surface area contributed by atoms with E-state index in [9.17, 15) is 9.90 Å². The van der Waals surface area contributed by atoms with Gasteiger partial charge in [0.1, 0.15) is 0 Å². The summed E-state index contributed by atoms with van der Waals surface area (Å²) < 4.78 is 0. The van der Waals surface area contributed by atoms with Gasteiger partial charge in [0.15, 0.2) is 0 Å². The molecule has 2 saturated heterocycles. The molecule has 2 unspecified atom stereocenters. The molecule has 2 amide bonds. The van der Waals surface area contributed by atoms with Gasteiger partial charge in [-0.25, -0.2) is 4.79 Å². The normalized spacial score (nSPS) is 25.4. The Bertz CT molecular complexity index is 537. The van der Waals surface area contributed by atoms with Crippen LogP contribution in [0.3, 0.4) is 0 Å². The van der Waals surface area contributed by atoms with Crippen molar-refractivity contribution in [3.63, 3.8) is 0 Å². The average Bonchev–Trinajstić information content (AvgIpc) is 3.17. The van der Waals surface area contributed by atoms with Crippen LogP contribution < -0.4 is 5.32 Å². The van der Waals surface area contributed by atoms with Gasteiger partial charge in [0.05, 0.1) is 18.7 Å². The van der Waals surface area contributed by atoms with E-state index in [1.807, 2.05) is 24.3 Å². The number of carbonyl (C=O) groups excluding carboxylic acids is 1. The zero-order valence-electron chi connectivity index (χ0n) is 12.7. The average molecular weight is 301 g/mol. The van der Waals surface area contributed by atoms with Crippen LogP contribution in [0.15, 0.2) is 30.8 Å². The summed E-state index contributed by atoms with van der Waals surface area (Å²) in [6.07, 6.45) is 3.69. The minimum absolute atomic E-state index is 0.0800. The molecule has 0 saturated carbocycles. The van der Waals surface area contributed by atoms with E-state index in [0.29, 0.717) is 13.1 Å². The fourth-order valence-corrected chi connectivity index (χ4v) is 3.27. The molecular weight excluding hydrogens is 278 g/mol. The number of likely N-dealkylation sites (tertiary alicyclic amines) is 2. The van der Waals surface area contributed by atoms with Crippen LogP contribution in [0.25, 0.3) is 6.08 Å². The van der Waals surface area contributed by atoms with E-state index in [1.165, 1.54) is 12.8 Å². The lowest BCUT2D eigenvalue weighted by Gasteiger charge is -2.25. The van der Waals surface area contributed by atoms with Gasteiger partial charge < -0.3 is 15.3 Å². The van der Waals surface area contributed by atoms with E-state index in [4.69, 9.17) is 0 Å². The molecule has 0 bridgehead atoms. The lowest BCUT2D eigenvalue weighted by atomic mass is 10.2. The SMILES string of the molecule is C=Cc1ccc(NC(=O)N2CC(O)C(N3CCCC3)C2)cc1. The summed E-state index contributed by atoms with van der Waals surface area (Å²) >= 11 is 0. The number of anilines is 1. The van der Waals surface area contributed by atoms with E-state index in [2.05, 4.69) is 16.8 Å². The molecule has 2 aliphatic rings. The molecule has 0 radical (unpaired) electrons. The maximum atomic E-state index is 12.3. The summed E-state index contributed by atoms with van der Waals surface area (Å²) in [7, 11) is 0. The molecule has 5 heteroatoms. The largest absolute Gasteiger partial charge is 0.390 e. The summed E-state index contributed by atoms with van der Waals surface area (Å²) in [5, 5.41) is 13.1. The zero-order chi connectivity index (χ0) is 15.5. The van der Waals surface area contributed by atoms with Crippen LogP contribution in [0, 0.1) is 0 Å². The van der Waals surface area contributed by atoms with Crippen molar-refractivity contribution in [1.29, 1.82) is 0 Å². The van der Waals surface area contributed by atoms with Crippen LogP contribution in [0.1, 0.15) is 18.4 Å². The minimum Gasteiger partial charge on any atom is -0.390 e. The predicted octanol–water partition coefficient (Wildman–Crippen LogP) is 2.00. The molecule has 2 atom stereocenters. The summed E-state index contributed by atoms with van der Waals surface area (Å²) in [5.74, 6) is 0. The number of amides is 2. The summed E-state index contributed by atoms with van der Waals surface area (Å²) in [6, 6.07) is 7.48. The van der Waals surface area contributed by atoms with Crippen molar-refractivity contribution in [2.24, 2.45) is 0 Å². The number of hydrogen-bond acceptors (Lipinski definition) is 3. The maximum absolute atomic E-state index is 12.3. The zero-order valence-corrected chi connectivity index (χ0v) is 12.7. The van der Waals surface area contributed by atoms with Crippen molar-refractivity contribution < 1.29 is 9.90 Å². The molecule has 0 aliphatic carbocycles. The van der Waals surface area contributed by atoms with Crippen molar-refractivity contribution >= 4 is 17.8 Å². The molecule has 0 aromatic heterocycles. The Kier molecular flexibility index (Phi) is 4.45. The second-order valence-electron chi connectivity index (χ2n) is 6.04. The molecule has 5 nitrogen and oxygen atoms in total. The van der Waals surface area contributed by atoms with Crippen molar-refractivity contribution in [2.45, 2.75) is 25.0 Å². The first-order valence-electron chi connectivity index (χ1n) is 7.88. The topological polar surface area (TPSA) is 55.8 Å². The second kappa shape index (κ2) is 6.50. The molecule has 0 spiro atoms. The molecule has 3 rings (SSSR count). The Balaban J connectivity index is 1.59. The van der Waals surface area contributed by atoms with Crippen LogP contribution in [-0.4, -0.2) is 59.3 Å². The first-order chi connectivity index (χ1) is 10.7. The number of nitrogens with one attached hydrogen (secondary N) is 1. The minimum atomic E-state index is -0.452. The number of carbonyl (C=O) groups is 1. The number of nitrogens with zero attached hydrogens (tertiary/aromatic N) is 2. The van der Waals surface area contributed by atoms with Crippen molar-refractivity contribution in [3.05, 3.63) is 36.4 Å². The predicted molar refractivity (Wildman–Crippen MR) is 87.7 cm³/mol. The monoisotopic (exact) mass is 301 g/mol. The van der Waals surface area contributed by atoms with Crippen molar-refractivity contribution in [1.82, 2.24) is 9.80 Å². The smallest absolute Gasteiger partial charge is 0.321 e. The lowest BCUT2D eigenvalue weighted by Crippen LogP contribution is -2.41. The van der Waals surface area contributed by atoms with E-state index < -0.39 is 6.10 Å². The number of aliphatic hydroxyl groups excluding tert-OH is 1. The van der Waals surface area contributed by atoms with Gasteiger partial charge in [-0.1, -0.05) is 24.8 Å². The lowest BCUT2D eigenvalue weighted by molar-refractivity contribution is 0.0980. The van der Waals surface area contributed by atoms with Gasteiger partial charge in [-0.05, 0) is 43.6 Å². The quantitative estimate of drug-likeness (QED) is 0.898. The first-order valence-corrected chi connectivity index (χ1v) is 7.88. The molecular formula is C17H23N3O2. The molecule has 1 aromatic rings. The first kappa shape index (κ1) is 15.1. The third-order valence-electron chi connectivity index (χ3n) is 4.55. The highest BCUT2D eigenvalue weighted by atomic mass is 16.3. The summed E-state index contributed by atoms with van der Waals surface area (Å²) in [6.45, 7) is 6.76. The standard InChI is InChI=1S/C17H23N3O2/c1-2-13-5-7-14(8-6-13)18-17(22)20-11-15(16(21)12-20)19-9-3-4-10-19/h2,5-8,15-16,21H,1,3-4,9-12H2,(H,18,22). The fraction of sp³-hybridized carbons (Fsp3) is 0.471. The van der Waals surface area contributed by atoms with Gasteiger partial charge in [0.2, 0.25) is 0 Å². The van der Waals surface area contributed by atoms with Gasteiger partial charge in [-0.15, -0.1) is 0 Å². The second-order valence-corrected chi connectivity index (χ2v) is 6.04. The van der Waals surface area contributed by atoms with Crippen LogP contribution in [0.5, 0.6) is 0 Å². The molecule has 2 N–H and O–H groups in total. The van der Waals surface area contributed by atoms with Gasteiger partial charge in [-0.3, -0.25) is 4.90 Å². The molecule has 2 fully saturated rings. The Morgan fingerprint density at radius 1 is 1.23 bits per heavy atom. The fourth-order valence-electron chi connectivity index (χ4n) is 3.27. The number of rotatable bonds is 3. The molecule has 1 aromatic carbocycles. The third kappa shape index (κ3) is 3.15. The number of β-amino-alcohol motifs (C(OH)–C–C–N with tert-alkyl or cyclic N) is 1. The number of urea groups is 1. The Morgan fingerprint density at radius 2 is 1.91 bits per heavy atom. The van der Waals surface area contributed by atoms with E-state index in [-0.39, 0.29) is 12.1 Å². The number of hydrogen-bond donors (Lipinski definition) is 2. The molecule has 118 valence electrons. The van der Waals surface area contributed by atoms with Crippen LogP contribution in [0.4, 0.5) is 10.5 Å². The molecule has 22 heavy (non-hydrogen) atoms. The van der Waals surface area contributed by atoms with Crippen LogP contribution in [0.2, 0.25) is 0 Å². The van der Waals surface area contributed by atoms with Crippen LogP contribution in [-0.2, 0) is 0 Å². The Morgan fingerprint density at radius 3 is 2.55 bits per heavy atom. The molecule has 2 aliphatic heterocycles. The van der Waals surface area contributed by atoms with Crippen LogP contribution >= 0.6 is 0 Å². The molecule has 2 heterocycles. The third-order valence-corrected chi connectivity index (χ3v) is 4.55. The summed E-state index contributed by atoms with van der Waals surface area (Å²) in [4.78, 5) is 16.3. The Labute approximate surface area is 131 Å². The number of benzene rings is 1. The van der Waals surface area contributed by atoms with Gasteiger partial charge in [-0.2, -0.15) is 0 Å². The van der Waals surface area contributed by atoms with Crippen molar-refractivity contribution in [2.75, 3.05) is 31.5 Å². The highest BCUT2D eigenvalue weighted by molar-refractivity contribution is 5.89. The van der Waals surface area contributed by atoms with Gasteiger partial charge in [0.25, 0.3) is 0 Å². The van der Waals surface area contributed by atoms with Crippen molar-refractivity contribution in [3.8, 4) is 0 Å². The van der Waals surface area contributed by atoms with Gasteiger partial charge >= 0.3 is 6.03 Å². The Hall–Kier alpha value is -1.85. The maximum Gasteiger partial charge on any atom is 0.321 e. The van der Waals surface area contributed by atoms with E-state index in [0.717, 1.165) is 24.3 Å². The summed E-state index contributed by atoms with van der Waals surface area (Å²) in [5.41, 5.74) is 1.78. The van der Waals surface area contributed by atoms with E-state index in [1.54, 1.807) is 11.0 Å². The van der Waals surface area contributed by atoms with Gasteiger partial charge in [0, 0.05) is 12.2 Å².